The predicted molar refractivity (Wildman–Crippen MR) is 151 cm³/mol. The smallest absolute Gasteiger partial charge is 0.310 e. The van der Waals surface area contributed by atoms with E-state index in [2.05, 4.69) is 5.16 Å². The van der Waals surface area contributed by atoms with Gasteiger partial charge in [0.1, 0.15) is 18.1 Å². The molecule has 1 saturated carbocycles. The fourth-order valence-electron chi connectivity index (χ4n) is 6.90. The van der Waals surface area contributed by atoms with Gasteiger partial charge in [-0.15, -0.1) is 0 Å². The normalized spacial score (nSPS) is 24.0. The van der Waals surface area contributed by atoms with Gasteiger partial charge in [-0.2, -0.15) is 4.39 Å². The molecule has 2 aliphatic heterocycles. The van der Waals surface area contributed by atoms with E-state index >= 15 is 0 Å². The number of aromatic nitrogens is 1. The number of fused-ring (bicyclic) bond motifs is 2. The Hall–Kier alpha value is -3.73. The minimum Gasteiger partial charge on any atom is -0.487 e. The summed E-state index contributed by atoms with van der Waals surface area (Å²) in [5.41, 5.74) is 0.173. The van der Waals surface area contributed by atoms with Gasteiger partial charge in [0, 0.05) is 36.6 Å². The zero-order valence-corrected chi connectivity index (χ0v) is 24.5. The lowest BCUT2D eigenvalue weighted by Gasteiger charge is -2.45. The first kappa shape index (κ1) is 29.3. The van der Waals surface area contributed by atoms with E-state index in [9.17, 15) is 28.3 Å². The van der Waals surface area contributed by atoms with Gasteiger partial charge < -0.3 is 24.2 Å². The molecule has 12 heteroatoms. The third kappa shape index (κ3) is 5.11. The first-order chi connectivity index (χ1) is 20.6. The zero-order chi connectivity index (χ0) is 30.5. The van der Waals surface area contributed by atoms with Gasteiger partial charge in [0.15, 0.2) is 5.82 Å². The van der Waals surface area contributed by atoms with Gasteiger partial charge in [0.25, 0.3) is 0 Å². The Labute approximate surface area is 251 Å². The summed E-state index contributed by atoms with van der Waals surface area (Å²) in [6.45, 7) is 2.58. The van der Waals surface area contributed by atoms with Crippen LogP contribution in [-0.2, 0) is 27.4 Å². The monoisotopic (exact) mass is 615 g/mol. The lowest BCUT2D eigenvalue weighted by atomic mass is 9.66. The van der Waals surface area contributed by atoms with Crippen molar-refractivity contribution in [3.63, 3.8) is 0 Å². The molecule has 2 aromatic carbocycles. The standard InChI is InChI=1S/C31H32ClF2N3O6/c1-31(30(40)41)12-3-2-5-19(31)29(39)37-14-11-17-20(32)8-10-24(26(17)23(37)15-36-13-4-6-25(36)38)42-16-22-18-7-9-21(33)27(34)28(18)43-35-22/h7-10,19,23H,2-6,11-16H2,1H3,(H,40,41)/t19-,23+,31-/m0/s1. The molecule has 43 heavy (non-hydrogen) atoms. The van der Waals surface area contributed by atoms with Gasteiger partial charge in [-0.1, -0.05) is 29.6 Å². The maximum Gasteiger partial charge on any atom is 0.310 e. The van der Waals surface area contributed by atoms with Crippen LogP contribution in [0.2, 0.25) is 5.02 Å². The van der Waals surface area contributed by atoms with Crippen LogP contribution < -0.4 is 4.74 Å². The first-order valence-electron chi connectivity index (χ1n) is 14.6. The van der Waals surface area contributed by atoms with Crippen molar-refractivity contribution >= 4 is 40.4 Å². The van der Waals surface area contributed by atoms with E-state index in [4.69, 9.17) is 20.9 Å². The number of benzene rings is 2. The molecular formula is C31H32ClF2N3O6. The highest BCUT2D eigenvalue weighted by atomic mass is 35.5. The van der Waals surface area contributed by atoms with Gasteiger partial charge in [-0.3, -0.25) is 14.4 Å². The number of carboxylic acid groups (broad SMARTS) is 1. The van der Waals surface area contributed by atoms with Crippen molar-refractivity contribution in [3.05, 3.63) is 57.7 Å². The molecule has 0 bridgehead atoms. The minimum atomic E-state index is -1.19. The molecule has 3 aliphatic rings. The number of amides is 2. The maximum absolute atomic E-state index is 14.3. The van der Waals surface area contributed by atoms with Crippen molar-refractivity contribution in [3.8, 4) is 5.75 Å². The molecule has 3 aromatic rings. The van der Waals surface area contributed by atoms with Crippen LogP contribution >= 0.6 is 11.6 Å². The quantitative estimate of drug-likeness (QED) is 0.364. The van der Waals surface area contributed by atoms with E-state index in [1.165, 1.54) is 6.07 Å². The Morgan fingerprint density at radius 1 is 1.16 bits per heavy atom. The van der Waals surface area contributed by atoms with E-state index in [0.29, 0.717) is 61.5 Å². The summed E-state index contributed by atoms with van der Waals surface area (Å²) in [6, 6.07) is 5.10. The average molecular weight is 616 g/mol. The second-order valence-corrected chi connectivity index (χ2v) is 12.3. The number of likely N-dealkylation sites (tertiary alicyclic amines) is 1. The molecule has 1 aromatic heterocycles. The van der Waals surface area contributed by atoms with Crippen LogP contribution in [0.15, 0.2) is 28.8 Å². The lowest BCUT2D eigenvalue weighted by Crippen LogP contribution is -2.52. The number of carbonyl (C=O) groups is 3. The summed E-state index contributed by atoms with van der Waals surface area (Å²) in [5, 5.41) is 14.8. The van der Waals surface area contributed by atoms with Crippen molar-refractivity contribution in [1.29, 1.82) is 0 Å². The van der Waals surface area contributed by atoms with E-state index in [-0.39, 0.29) is 41.6 Å². The second kappa shape index (κ2) is 11.4. The van der Waals surface area contributed by atoms with E-state index in [1.807, 2.05) is 0 Å². The highest BCUT2D eigenvalue weighted by Gasteiger charge is 2.50. The number of hydrogen-bond donors (Lipinski definition) is 1. The molecule has 2 amide bonds. The number of hydrogen-bond acceptors (Lipinski definition) is 6. The number of carbonyl (C=O) groups excluding carboxylic acids is 2. The van der Waals surface area contributed by atoms with Crippen molar-refractivity contribution in [1.82, 2.24) is 15.0 Å². The molecule has 0 spiro atoms. The fourth-order valence-corrected chi connectivity index (χ4v) is 7.16. The number of nitrogens with zero attached hydrogens (tertiary/aromatic N) is 3. The predicted octanol–water partition coefficient (Wildman–Crippen LogP) is 5.67. The number of halogens is 3. The summed E-state index contributed by atoms with van der Waals surface area (Å²) in [4.78, 5) is 42.9. The van der Waals surface area contributed by atoms with Gasteiger partial charge in [0.2, 0.25) is 23.2 Å². The molecule has 3 atom stereocenters. The molecule has 228 valence electrons. The Kier molecular flexibility index (Phi) is 7.78. The van der Waals surface area contributed by atoms with Crippen LogP contribution in [0.5, 0.6) is 5.75 Å². The van der Waals surface area contributed by atoms with Crippen LogP contribution in [0.1, 0.15) is 68.3 Å². The first-order valence-corrected chi connectivity index (χ1v) is 15.0. The third-order valence-electron chi connectivity index (χ3n) is 9.39. The van der Waals surface area contributed by atoms with Crippen LogP contribution in [0, 0.1) is 23.0 Å². The van der Waals surface area contributed by atoms with Gasteiger partial charge in [-0.05, 0) is 62.4 Å². The minimum absolute atomic E-state index is 0.0135. The molecule has 2 fully saturated rings. The van der Waals surface area contributed by atoms with Gasteiger partial charge in [0.05, 0.1) is 22.8 Å². The number of ether oxygens (including phenoxy) is 1. The van der Waals surface area contributed by atoms with Crippen LogP contribution in [0.4, 0.5) is 8.78 Å². The summed E-state index contributed by atoms with van der Waals surface area (Å²) in [5.74, 6) is -3.75. The Morgan fingerprint density at radius 3 is 2.72 bits per heavy atom. The molecule has 0 unspecified atom stereocenters. The molecule has 3 heterocycles. The van der Waals surface area contributed by atoms with Crippen molar-refractivity contribution < 1.29 is 37.5 Å². The topological polar surface area (TPSA) is 113 Å². The average Bonchev–Trinajstić information content (AvgIpc) is 3.60. The fraction of sp³-hybridized carbons (Fsp3) is 0.484. The largest absolute Gasteiger partial charge is 0.487 e. The SMILES string of the molecule is C[C@]1(C(=O)O)CCCC[C@H]1C(=O)N1CCc2c(Cl)ccc(OCc3noc4c(F)c(F)ccc34)c2[C@H]1CN1CCCC1=O. The molecule has 1 saturated heterocycles. The van der Waals surface area contributed by atoms with Crippen LogP contribution in [-0.4, -0.2) is 57.5 Å². The summed E-state index contributed by atoms with van der Waals surface area (Å²) >= 11 is 6.68. The second-order valence-electron chi connectivity index (χ2n) is 11.9. The number of carboxylic acids is 1. The van der Waals surface area contributed by atoms with Gasteiger partial charge in [-0.25, -0.2) is 4.39 Å². The van der Waals surface area contributed by atoms with E-state index in [1.54, 1.807) is 28.9 Å². The molecule has 0 radical (unpaired) electrons. The lowest BCUT2D eigenvalue weighted by molar-refractivity contribution is -0.162. The zero-order valence-electron chi connectivity index (χ0n) is 23.7. The Bertz CT molecular complexity index is 1610. The number of aliphatic carboxylic acids is 1. The van der Waals surface area contributed by atoms with Crippen LogP contribution in [0.3, 0.4) is 0 Å². The van der Waals surface area contributed by atoms with E-state index < -0.39 is 35.0 Å². The Balaban J connectivity index is 1.38. The maximum atomic E-state index is 14.3. The third-order valence-corrected chi connectivity index (χ3v) is 9.74. The van der Waals surface area contributed by atoms with Crippen molar-refractivity contribution in [2.75, 3.05) is 19.6 Å². The summed E-state index contributed by atoms with van der Waals surface area (Å²) in [6.07, 6.45) is 3.92. The van der Waals surface area contributed by atoms with E-state index in [0.717, 1.165) is 24.5 Å². The highest BCUT2D eigenvalue weighted by Crippen LogP contribution is 2.46. The molecular weight excluding hydrogens is 584 g/mol. The Morgan fingerprint density at radius 2 is 1.98 bits per heavy atom. The molecule has 1 aliphatic carbocycles. The molecule has 1 N–H and O–H groups in total. The highest BCUT2D eigenvalue weighted by molar-refractivity contribution is 6.31. The summed E-state index contributed by atoms with van der Waals surface area (Å²) < 4.78 is 39.2. The molecule has 6 rings (SSSR count). The van der Waals surface area contributed by atoms with Crippen LogP contribution in [0.25, 0.3) is 11.0 Å². The van der Waals surface area contributed by atoms with Crippen molar-refractivity contribution in [2.24, 2.45) is 11.3 Å². The molecule has 9 nitrogen and oxygen atoms in total. The number of rotatable bonds is 7. The summed E-state index contributed by atoms with van der Waals surface area (Å²) in [7, 11) is 0. The van der Waals surface area contributed by atoms with Crippen molar-refractivity contribution in [2.45, 2.75) is 64.5 Å². The van der Waals surface area contributed by atoms with Gasteiger partial charge >= 0.3 is 5.97 Å².